The van der Waals surface area contributed by atoms with Crippen LogP contribution in [0.3, 0.4) is 0 Å². The second kappa shape index (κ2) is 7.24. The van der Waals surface area contributed by atoms with Crippen molar-refractivity contribution in [2.24, 2.45) is 5.41 Å². The van der Waals surface area contributed by atoms with E-state index in [-0.39, 0.29) is 11.5 Å². The van der Waals surface area contributed by atoms with E-state index < -0.39 is 5.97 Å². The molecule has 1 aromatic rings. The topological polar surface area (TPSA) is 43.8 Å². The first-order chi connectivity index (χ1) is 11.5. The van der Waals surface area contributed by atoms with Gasteiger partial charge in [0.05, 0.1) is 0 Å². The molecule has 1 atom stereocenters. The Hall–Kier alpha value is -1.39. The van der Waals surface area contributed by atoms with E-state index >= 15 is 0 Å². The van der Waals surface area contributed by atoms with Gasteiger partial charge in [-0.25, -0.2) is 0 Å². The van der Waals surface area contributed by atoms with Gasteiger partial charge in [0.1, 0.15) is 6.04 Å². The average Bonchev–Trinajstić information content (AvgIpc) is 2.91. The van der Waals surface area contributed by atoms with Crippen molar-refractivity contribution in [2.45, 2.75) is 52.1 Å². The fourth-order valence-corrected chi connectivity index (χ4v) is 4.49. The Labute approximate surface area is 145 Å². The third-order valence-corrected chi connectivity index (χ3v) is 5.97. The van der Waals surface area contributed by atoms with Gasteiger partial charge in [0.25, 0.3) is 0 Å². The van der Waals surface area contributed by atoms with Crippen molar-refractivity contribution in [1.82, 2.24) is 9.80 Å². The predicted octanol–water partition coefficient (Wildman–Crippen LogP) is 3.15. The summed E-state index contributed by atoms with van der Waals surface area (Å²) >= 11 is 0. The fourth-order valence-electron chi connectivity index (χ4n) is 4.49. The van der Waals surface area contributed by atoms with Crippen molar-refractivity contribution in [1.29, 1.82) is 0 Å². The smallest absolute Gasteiger partial charge is 0.320 e. The number of hydrogen-bond donors (Lipinski definition) is 1. The van der Waals surface area contributed by atoms with Gasteiger partial charge in [-0.2, -0.15) is 0 Å². The quantitative estimate of drug-likeness (QED) is 0.901. The minimum absolute atomic E-state index is 0.223. The van der Waals surface area contributed by atoms with Crippen molar-refractivity contribution in [3.63, 3.8) is 0 Å². The van der Waals surface area contributed by atoms with E-state index in [9.17, 15) is 9.90 Å². The number of aliphatic carboxylic acids is 1. The summed E-state index contributed by atoms with van der Waals surface area (Å²) < 4.78 is 0. The SMILES string of the molecule is CCCN1CC2(CCN(Cc3ccccc3C)CC2)CC1C(=O)O. The van der Waals surface area contributed by atoms with Gasteiger partial charge in [-0.3, -0.25) is 14.6 Å². The molecular formula is C20H30N2O2. The number of carboxylic acid groups (broad SMARTS) is 1. The lowest BCUT2D eigenvalue weighted by molar-refractivity contribution is -0.142. The molecule has 24 heavy (non-hydrogen) atoms. The summed E-state index contributed by atoms with van der Waals surface area (Å²) in [5, 5.41) is 9.55. The molecule has 0 amide bonds. The number of piperidine rings is 1. The highest BCUT2D eigenvalue weighted by Gasteiger charge is 2.47. The first-order valence-corrected chi connectivity index (χ1v) is 9.27. The lowest BCUT2D eigenvalue weighted by Crippen LogP contribution is -2.41. The summed E-state index contributed by atoms with van der Waals surface area (Å²) in [6.07, 6.45) is 4.12. The third-order valence-electron chi connectivity index (χ3n) is 5.97. The molecule has 2 aliphatic rings. The van der Waals surface area contributed by atoms with Crippen LogP contribution in [-0.2, 0) is 11.3 Å². The molecule has 0 aliphatic carbocycles. The zero-order valence-electron chi connectivity index (χ0n) is 15.0. The Morgan fingerprint density at radius 1 is 1.29 bits per heavy atom. The normalized spacial score (nSPS) is 24.5. The van der Waals surface area contributed by atoms with Gasteiger partial charge in [-0.15, -0.1) is 0 Å². The fraction of sp³-hybridized carbons (Fsp3) is 0.650. The molecule has 1 spiro atoms. The molecule has 1 unspecified atom stereocenters. The Morgan fingerprint density at radius 2 is 2.00 bits per heavy atom. The average molecular weight is 330 g/mol. The van der Waals surface area contributed by atoms with Crippen LogP contribution in [0.1, 0.15) is 43.7 Å². The molecule has 2 fully saturated rings. The number of benzene rings is 1. The maximum Gasteiger partial charge on any atom is 0.320 e. The number of aryl methyl sites for hydroxylation is 1. The Kier molecular flexibility index (Phi) is 5.26. The van der Waals surface area contributed by atoms with Crippen LogP contribution in [-0.4, -0.2) is 53.1 Å². The van der Waals surface area contributed by atoms with Crippen molar-refractivity contribution < 1.29 is 9.90 Å². The van der Waals surface area contributed by atoms with E-state index in [1.807, 2.05) is 0 Å². The van der Waals surface area contributed by atoms with E-state index in [0.29, 0.717) is 0 Å². The molecule has 0 radical (unpaired) electrons. The predicted molar refractivity (Wildman–Crippen MR) is 96.0 cm³/mol. The zero-order chi connectivity index (χ0) is 17.2. The highest BCUT2D eigenvalue weighted by Crippen LogP contribution is 2.43. The van der Waals surface area contributed by atoms with Gasteiger partial charge in [-0.1, -0.05) is 31.2 Å². The summed E-state index contributed by atoms with van der Waals surface area (Å²) in [5.41, 5.74) is 3.00. The minimum atomic E-state index is -0.636. The molecule has 1 aromatic carbocycles. The molecule has 0 bridgehead atoms. The number of carbonyl (C=O) groups is 1. The van der Waals surface area contributed by atoms with E-state index in [1.165, 1.54) is 11.1 Å². The van der Waals surface area contributed by atoms with Gasteiger partial charge >= 0.3 is 5.97 Å². The molecular weight excluding hydrogens is 300 g/mol. The van der Waals surface area contributed by atoms with E-state index in [4.69, 9.17) is 0 Å². The van der Waals surface area contributed by atoms with Crippen molar-refractivity contribution in [3.05, 3.63) is 35.4 Å². The van der Waals surface area contributed by atoms with Crippen LogP contribution >= 0.6 is 0 Å². The van der Waals surface area contributed by atoms with Crippen LogP contribution in [0.15, 0.2) is 24.3 Å². The largest absolute Gasteiger partial charge is 0.480 e. The van der Waals surface area contributed by atoms with Gasteiger partial charge in [0, 0.05) is 13.1 Å². The van der Waals surface area contributed by atoms with Crippen LogP contribution in [0.4, 0.5) is 0 Å². The highest BCUT2D eigenvalue weighted by atomic mass is 16.4. The number of likely N-dealkylation sites (tertiary alicyclic amines) is 2. The molecule has 2 heterocycles. The summed E-state index contributed by atoms with van der Waals surface area (Å²) in [5.74, 6) is -0.636. The van der Waals surface area contributed by atoms with Crippen molar-refractivity contribution >= 4 is 5.97 Å². The van der Waals surface area contributed by atoms with Crippen LogP contribution in [0.2, 0.25) is 0 Å². The molecule has 1 N–H and O–H groups in total. The molecule has 132 valence electrons. The van der Waals surface area contributed by atoms with Crippen molar-refractivity contribution in [2.75, 3.05) is 26.2 Å². The number of rotatable bonds is 5. The number of hydrogen-bond acceptors (Lipinski definition) is 3. The lowest BCUT2D eigenvalue weighted by Gasteiger charge is -2.39. The molecule has 2 saturated heterocycles. The lowest BCUT2D eigenvalue weighted by atomic mass is 9.76. The molecule has 0 saturated carbocycles. The molecule has 4 heteroatoms. The summed E-state index contributed by atoms with van der Waals surface area (Å²) in [4.78, 5) is 16.3. The Bertz CT molecular complexity index is 579. The van der Waals surface area contributed by atoms with Crippen LogP contribution in [0.5, 0.6) is 0 Å². The molecule has 4 nitrogen and oxygen atoms in total. The first-order valence-electron chi connectivity index (χ1n) is 9.27. The van der Waals surface area contributed by atoms with Crippen LogP contribution in [0.25, 0.3) is 0 Å². The van der Waals surface area contributed by atoms with Crippen LogP contribution < -0.4 is 0 Å². The Morgan fingerprint density at radius 3 is 2.62 bits per heavy atom. The van der Waals surface area contributed by atoms with Crippen molar-refractivity contribution in [3.8, 4) is 0 Å². The van der Waals surface area contributed by atoms with Gasteiger partial charge in [-0.05, 0) is 68.8 Å². The zero-order valence-corrected chi connectivity index (χ0v) is 15.0. The van der Waals surface area contributed by atoms with E-state index in [1.54, 1.807) is 0 Å². The minimum Gasteiger partial charge on any atom is -0.480 e. The molecule has 2 aliphatic heterocycles. The maximum atomic E-state index is 11.6. The number of carboxylic acids is 1. The number of nitrogens with zero attached hydrogens (tertiary/aromatic N) is 2. The van der Waals surface area contributed by atoms with Gasteiger partial charge in [0.15, 0.2) is 0 Å². The molecule has 0 aromatic heterocycles. The first kappa shape index (κ1) is 17.4. The van der Waals surface area contributed by atoms with Crippen LogP contribution in [0, 0.1) is 12.3 Å². The summed E-state index contributed by atoms with van der Waals surface area (Å²) in [7, 11) is 0. The van der Waals surface area contributed by atoms with Gasteiger partial charge < -0.3 is 5.11 Å². The second-order valence-corrected chi connectivity index (χ2v) is 7.73. The molecule has 3 rings (SSSR count). The second-order valence-electron chi connectivity index (χ2n) is 7.73. The standard InChI is InChI=1S/C20H30N2O2/c1-3-10-22-15-20(13-18(22)19(23)24)8-11-21(12-9-20)14-17-7-5-4-6-16(17)2/h4-7,18H,3,8-15H2,1-2H3,(H,23,24). The maximum absolute atomic E-state index is 11.6. The highest BCUT2D eigenvalue weighted by molar-refractivity contribution is 5.74. The summed E-state index contributed by atoms with van der Waals surface area (Å²) in [6, 6.07) is 8.34. The summed E-state index contributed by atoms with van der Waals surface area (Å²) in [6.45, 7) is 9.37. The Balaban J connectivity index is 1.60. The monoisotopic (exact) mass is 330 g/mol. The van der Waals surface area contributed by atoms with E-state index in [0.717, 1.165) is 58.4 Å². The van der Waals surface area contributed by atoms with E-state index in [2.05, 4.69) is 47.9 Å². The van der Waals surface area contributed by atoms with Gasteiger partial charge in [0.2, 0.25) is 0 Å². The third kappa shape index (κ3) is 3.65.